The van der Waals surface area contributed by atoms with Crippen LogP contribution < -0.4 is 10.5 Å². The molecule has 0 unspecified atom stereocenters. The highest BCUT2D eigenvalue weighted by atomic mass is 32.2. The van der Waals surface area contributed by atoms with Crippen LogP contribution in [-0.4, -0.2) is 18.4 Å². The number of nitrogens with one attached hydrogen (secondary N) is 1. The molecule has 0 aliphatic carbocycles. The van der Waals surface area contributed by atoms with Crippen LogP contribution in [0.1, 0.15) is 15.4 Å². The molecule has 0 fully saturated rings. The van der Waals surface area contributed by atoms with Gasteiger partial charge in [-0.3, -0.25) is 0 Å². The highest BCUT2D eigenvalue weighted by Gasteiger charge is 2.18. The van der Waals surface area contributed by atoms with Crippen molar-refractivity contribution in [2.24, 2.45) is 5.73 Å². The number of hydrogen-bond acceptors (Lipinski definition) is 6. The Hall–Kier alpha value is -0.870. The standard InChI is InChI=1S/C10H11N3O2S4/c1-6-8(17-5-12-6)4-13-19(14,15)9-3-2-7(18-9)10(11)16/h2-3,5,13H,4H2,1H3,(H2,11,16). The number of nitrogens with zero attached hydrogens (tertiary/aromatic N) is 1. The van der Waals surface area contributed by atoms with Crippen molar-refractivity contribution in [3.8, 4) is 0 Å². The molecule has 0 saturated carbocycles. The fourth-order valence-corrected chi connectivity index (χ4v) is 4.52. The van der Waals surface area contributed by atoms with Crippen LogP contribution in [-0.2, 0) is 16.6 Å². The van der Waals surface area contributed by atoms with Crippen molar-refractivity contribution in [3.63, 3.8) is 0 Å². The molecule has 0 aliphatic rings. The maximum absolute atomic E-state index is 12.1. The van der Waals surface area contributed by atoms with Crippen molar-refractivity contribution in [2.75, 3.05) is 0 Å². The molecule has 3 N–H and O–H groups in total. The number of nitrogens with two attached hydrogens (primary N) is 1. The number of thiocarbonyl (C=S) groups is 1. The smallest absolute Gasteiger partial charge is 0.250 e. The Kier molecular flexibility index (Phi) is 4.31. The van der Waals surface area contributed by atoms with Gasteiger partial charge >= 0.3 is 0 Å². The lowest BCUT2D eigenvalue weighted by Gasteiger charge is -2.03. The maximum atomic E-state index is 12.1. The number of aromatic nitrogens is 1. The van der Waals surface area contributed by atoms with Gasteiger partial charge in [-0.15, -0.1) is 22.7 Å². The van der Waals surface area contributed by atoms with Crippen molar-refractivity contribution in [2.45, 2.75) is 17.7 Å². The second-order valence-electron chi connectivity index (χ2n) is 3.67. The molecule has 9 heteroatoms. The SMILES string of the molecule is Cc1ncsc1CNS(=O)(=O)c1ccc(C(N)=S)s1. The molecule has 2 rings (SSSR count). The maximum Gasteiger partial charge on any atom is 0.250 e. The van der Waals surface area contributed by atoms with Crippen LogP contribution in [0.3, 0.4) is 0 Å². The molecule has 0 saturated heterocycles. The Morgan fingerprint density at radius 1 is 1.53 bits per heavy atom. The van der Waals surface area contributed by atoms with Crippen molar-refractivity contribution >= 4 is 49.9 Å². The van der Waals surface area contributed by atoms with E-state index in [0.717, 1.165) is 21.9 Å². The van der Waals surface area contributed by atoms with Crippen LogP contribution >= 0.6 is 34.9 Å². The molecular weight excluding hydrogens is 322 g/mol. The van der Waals surface area contributed by atoms with Gasteiger partial charge < -0.3 is 5.73 Å². The van der Waals surface area contributed by atoms with Gasteiger partial charge in [-0.05, 0) is 19.1 Å². The Morgan fingerprint density at radius 3 is 2.79 bits per heavy atom. The fourth-order valence-electron chi connectivity index (χ4n) is 1.32. The van der Waals surface area contributed by atoms with Crippen molar-refractivity contribution in [1.29, 1.82) is 0 Å². The van der Waals surface area contributed by atoms with Gasteiger partial charge in [0.25, 0.3) is 0 Å². The van der Waals surface area contributed by atoms with Crippen molar-refractivity contribution in [1.82, 2.24) is 9.71 Å². The van der Waals surface area contributed by atoms with Crippen LogP contribution in [0, 0.1) is 6.92 Å². The van der Waals surface area contributed by atoms with E-state index in [-0.39, 0.29) is 15.7 Å². The third-order valence-corrected chi connectivity index (χ3v) is 6.65. The van der Waals surface area contributed by atoms with Gasteiger partial charge in [0, 0.05) is 11.4 Å². The lowest BCUT2D eigenvalue weighted by atomic mass is 10.4. The predicted octanol–water partition coefficient (Wildman–Crippen LogP) is 1.63. The summed E-state index contributed by atoms with van der Waals surface area (Å²) in [4.78, 5) is 5.75. The summed E-state index contributed by atoms with van der Waals surface area (Å²) in [5.41, 5.74) is 7.99. The summed E-state index contributed by atoms with van der Waals surface area (Å²) >= 11 is 7.29. The minimum Gasteiger partial charge on any atom is -0.389 e. The zero-order valence-corrected chi connectivity index (χ0v) is 13.2. The highest BCUT2D eigenvalue weighted by Crippen LogP contribution is 2.22. The second-order valence-corrected chi connectivity index (χ2v) is 8.13. The Balaban J connectivity index is 2.14. The number of hydrogen-bond donors (Lipinski definition) is 2. The number of thiazole rings is 1. The number of sulfonamides is 1. The molecule has 0 atom stereocenters. The van der Waals surface area contributed by atoms with Crippen molar-refractivity contribution in [3.05, 3.63) is 33.1 Å². The van der Waals surface area contributed by atoms with Gasteiger partial charge in [0.05, 0.1) is 16.1 Å². The van der Waals surface area contributed by atoms with Crippen LogP contribution in [0.4, 0.5) is 0 Å². The van der Waals surface area contributed by atoms with Crippen LogP contribution in [0.25, 0.3) is 0 Å². The van der Waals surface area contributed by atoms with Gasteiger partial charge in [-0.2, -0.15) is 0 Å². The quantitative estimate of drug-likeness (QED) is 0.812. The summed E-state index contributed by atoms with van der Waals surface area (Å²) in [6.07, 6.45) is 0. The van der Waals surface area contributed by atoms with E-state index in [2.05, 4.69) is 9.71 Å². The molecule has 2 aromatic heterocycles. The van der Waals surface area contributed by atoms with Crippen LogP contribution in [0.15, 0.2) is 21.9 Å². The molecular formula is C10H11N3O2S4. The van der Waals surface area contributed by atoms with E-state index in [1.807, 2.05) is 6.92 Å². The van der Waals surface area contributed by atoms with E-state index >= 15 is 0 Å². The molecule has 0 bridgehead atoms. The molecule has 0 aromatic carbocycles. The summed E-state index contributed by atoms with van der Waals surface area (Å²) < 4.78 is 26.9. The predicted molar refractivity (Wildman–Crippen MR) is 81.1 cm³/mol. The number of thiophene rings is 1. The topological polar surface area (TPSA) is 85.1 Å². The minimum absolute atomic E-state index is 0.199. The summed E-state index contributed by atoms with van der Waals surface area (Å²) in [5.74, 6) is 0. The number of aryl methyl sites for hydroxylation is 1. The largest absolute Gasteiger partial charge is 0.389 e. The first-order chi connectivity index (χ1) is 8.90. The molecule has 5 nitrogen and oxygen atoms in total. The van der Waals surface area contributed by atoms with E-state index in [1.54, 1.807) is 11.6 Å². The fraction of sp³-hybridized carbons (Fsp3) is 0.200. The molecule has 102 valence electrons. The molecule has 0 spiro atoms. The first-order valence-electron chi connectivity index (χ1n) is 5.18. The van der Waals surface area contributed by atoms with Gasteiger partial charge in [-0.25, -0.2) is 18.1 Å². The third kappa shape index (κ3) is 3.37. The lowest BCUT2D eigenvalue weighted by molar-refractivity contribution is 0.584. The van der Waals surface area contributed by atoms with Crippen molar-refractivity contribution < 1.29 is 8.42 Å². The van der Waals surface area contributed by atoms with Crippen LogP contribution in [0.2, 0.25) is 0 Å². The van der Waals surface area contributed by atoms with E-state index in [1.165, 1.54) is 17.4 Å². The van der Waals surface area contributed by atoms with E-state index in [0.29, 0.717) is 4.88 Å². The zero-order chi connectivity index (χ0) is 14.0. The Bertz CT molecular complexity index is 702. The zero-order valence-electron chi connectivity index (χ0n) is 9.91. The molecule has 0 aliphatic heterocycles. The lowest BCUT2D eigenvalue weighted by Crippen LogP contribution is -2.22. The summed E-state index contributed by atoms with van der Waals surface area (Å²) in [5, 5.41) is 0. The molecule has 2 heterocycles. The molecule has 0 radical (unpaired) electrons. The summed E-state index contributed by atoms with van der Waals surface area (Å²) in [7, 11) is -3.53. The van der Waals surface area contributed by atoms with Gasteiger partial charge in [-0.1, -0.05) is 12.2 Å². The van der Waals surface area contributed by atoms with E-state index in [4.69, 9.17) is 18.0 Å². The first kappa shape index (κ1) is 14.5. The second kappa shape index (κ2) is 5.63. The summed E-state index contributed by atoms with van der Waals surface area (Å²) in [6.45, 7) is 2.08. The summed E-state index contributed by atoms with van der Waals surface area (Å²) in [6, 6.07) is 3.11. The average Bonchev–Trinajstić information content (AvgIpc) is 2.95. The molecule has 0 amide bonds. The number of rotatable bonds is 5. The van der Waals surface area contributed by atoms with E-state index < -0.39 is 10.0 Å². The Morgan fingerprint density at radius 2 is 2.26 bits per heavy atom. The van der Waals surface area contributed by atoms with Gasteiger partial charge in [0.1, 0.15) is 9.20 Å². The molecule has 2 aromatic rings. The Labute approximate surface area is 124 Å². The third-order valence-electron chi connectivity index (χ3n) is 2.36. The minimum atomic E-state index is -3.53. The van der Waals surface area contributed by atoms with E-state index in [9.17, 15) is 8.42 Å². The van der Waals surface area contributed by atoms with Gasteiger partial charge in [0.2, 0.25) is 10.0 Å². The van der Waals surface area contributed by atoms with Crippen LogP contribution in [0.5, 0.6) is 0 Å². The normalized spacial score (nSPS) is 11.6. The molecule has 19 heavy (non-hydrogen) atoms. The monoisotopic (exact) mass is 333 g/mol. The van der Waals surface area contributed by atoms with Gasteiger partial charge in [0.15, 0.2) is 0 Å². The highest BCUT2D eigenvalue weighted by molar-refractivity contribution is 7.91. The average molecular weight is 333 g/mol. The first-order valence-corrected chi connectivity index (χ1v) is 8.77.